The van der Waals surface area contributed by atoms with Crippen molar-refractivity contribution in [2.24, 2.45) is 0 Å². The van der Waals surface area contributed by atoms with Crippen LogP contribution < -0.4 is 0 Å². The molecule has 1 N–H and O–H groups in total. The molecule has 0 spiro atoms. The Kier molecular flexibility index (Phi) is 4.43. The van der Waals surface area contributed by atoms with E-state index in [1.165, 1.54) is 0 Å². The first-order chi connectivity index (χ1) is 8.08. The minimum absolute atomic E-state index is 0.0580. The number of carbonyl (C=O) groups excluding carboxylic acids is 1. The van der Waals surface area contributed by atoms with Crippen molar-refractivity contribution >= 4 is 44.4 Å². The monoisotopic (exact) mass is 409 g/mol. The van der Waals surface area contributed by atoms with Crippen molar-refractivity contribution in [1.82, 2.24) is 4.90 Å². The Hall–Kier alpha value is -0.140. The predicted molar refractivity (Wildman–Crippen MR) is 78.0 cm³/mol. The van der Waals surface area contributed by atoms with Crippen LogP contribution in [0.15, 0.2) is 22.7 Å². The molecular weight excluding hydrogens is 397 g/mol. The summed E-state index contributed by atoms with van der Waals surface area (Å²) < 4.78 is 1.88. The molecule has 0 radical (unpaired) electrons. The second kappa shape index (κ2) is 5.67. The summed E-state index contributed by atoms with van der Waals surface area (Å²) in [6.07, 6.45) is 1.10. The maximum absolute atomic E-state index is 12.3. The zero-order chi connectivity index (χ0) is 12.4. The molecule has 0 aliphatic carbocycles. The van der Waals surface area contributed by atoms with Crippen molar-refractivity contribution in [3.63, 3.8) is 0 Å². The van der Waals surface area contributed by atoms with Crippen LogP contribution in [0.25, 0.3) is 0 Å². The fourth-order valence-corrected chi connectivity index (χ4v) is 2.83. The third-order valence-electron chi connectivity index (χ3n) is 2.91. The molecule has 2 rings (SSSR count). The van der Waals surface area contributed by atoms with Crippen molar-refractivity contribution in [3.8, 4) is 0 Å². The first-order valence-corrected chi connectivity index (χ1v) is 7.37. The minimum atomic E-state index is -0.249. The molecule has 0 aromatic heterocycles. The number of piperidine rings is 1. The molecule has 1 saturated heterocycles. The normalized spacial score (nSPS) is 17.2. The number of hydrogen-bond acceptors (Lipinski definition) is 2. The molecule has 3 nitrogen and oxygen atoms in total. The summed E-state index contributed by atoms with van der Waals surface area (Å²) in [5.41, 5.74) is 0.733. The van der Waals surface area contributed by atoms with Crippen LogP contribution in [-0.4, -0.2) is 35.1 Å². The van der Waals surface area contributed by atoms with Crippen LogP contribution in [0.3, 0.4) is 0 Å². The standard InChI is InChI=1S/C12H13BrINO2/c13-8-1-2-11(14)10(7-8)12(17)15-5-3-9(16)4-6-15/h1-2,7,9,16H,3-6H2. The Morgan fingerprint density at radius 1 is 1.41 bits per heavy atom. The van der Waals surface area contributed by atoms with E-state index in [0.717, 1.165) is 13.6 Å². The topological polar surface area (TPSA) is 40.5 Å². The van der Waals surface area contributed by atoms with Gasteiger partial charge in [-0.25, -0.2) is 0 Å². The van der Waals surface area contributed by atoms with Crippen molar-refractivity contribution < 1.29 is 9.90 Å². The van der Waals surface area contributed by atoms with Crippen LogP contribution in [0.1, 0.15) is 23.2 Å². The lowest BCUT2D eigenvalue weighted by Gasteiger charge is -2.30. The molecule has 1 heterocycles. The van der Waals surface area contributed by atoms with Crippen molar-refractivity contribution in [2.75, 3.05) is 13.1 Å². The summed E-state index contributed by atoms with van der Waals surface area (Å²) in [6, 6.07) is 5.71. The number of halogens is 2. The molecule has 5 heteroatoms. The average Bonchev–Trinajstić information content (AvgIpc) is 2.32. The number of nitrogens with zero attached hydrogens (tertiary/aromatic N) is 1. The lowest BCUT2D eigenvalue weighted by atomic mass is 10.1. The fraction of sp³-hybridized carbons (Fsp3) is 0.417. The van der Waals surface area contributed by atoms with Crippen LogP contribution in [-0.2, 0) is 0 Å². The van der Waals surface area contributed by atoms with Crippen molar-refractivity contribution in [3.05, 3.63) is 31.8 Å². The number of amides is 1. The van der Waals surface area contributed by atoms with Gasteiger partial charge < -0.3 is 10.0 Å². The quantitative estimate of drug-likeness (QED) is 0.724. The van der Waals surface area contributed by atoms with Gasteiger partial charge in [-0.2, -0.15) is 0 Å². The van der Waals surface area contributed by atoms with Crippen molar-refractivity contribution in [1.29, 1.82) is 0 Å². The molecule has 0 bridgehead atoms. The van der Waals surface area contributed by atoms with Crippen LogP contribution in [0, 0.1) is 3.57 Å². The second-order valence-electron chi connectivity index (χ2n) is 4.15. The molecule has 1 aliphatic heterocycles. The van der Waals surface area contributed by atoms with Gasteiger partial charge in [0.2, 0.25) is 0 Å². The van der Waals surface area contributed by atoms with Gasteiger partial charge >= 0.3 is 0 Å². The second-order valence-corrected chi connectivity index (χ2v) is 6.23. The molecule has 0 saturated carbocycles. The van der Waals surface area contributed by atoms with Gasteiger partial charge in [0.1, 0.15) is 0 Å². The fourth-order valence-electron chi connectivity index (χ4n) is 1.90. The molecule has 0 unspecified atom stereocenters. The van der Waals surface area contributed by atoms with E-state index in [1.807, 2.05) is 23.1 Å². The molecule has 1 aliphatic rings. The Bertz CT molecular complexity index is 431. The molecule has 1 amide bonds. The van der Waals surface area contributed by atoms with E-state index in [1.54, 1.807) is 0 Å². The van der Waals surface area contributed by atoms with E-state index in [4.69, 9.17) is 0 Å². The summed E-state index contributed by atoms with van der Waals surface area (Å²) >= 11 is 5.56. The number of benzene rings is 1. The highest BCUT2D eigenvalue weighted by Crippen LogP contribution is 2.21. The van der Waals surface area contributed by atoms with E-state index in [0.29, 0.717) is 25.9 Å². The van der Waals surface area contributed by atoms with E-state index < -0.39 is 0 Å². The smallest absolute Gasteiger partial charge is 0.254 e. The number of hydrogen-bond donors (Lipinski definition) is 1. The van der Waals surface area contributed by atoms with Gasteiger partial charge in [-0.15, -0.1) is 0 Å². The summed E-state index contributed by atoms with van der Waals surface area (Å²) in [6.45, 7) is 1.28. The molecule has 92 valence electrons. The van der Waals surface area contributed by atoms with Crippen LogP contribution in [0.5, 0.6) is 0 Å². The predicted octanol–water partition coefficient (Wildman–Crippen LogP) is 2.65. The zero-order valence-corrected chi connectivity index (χ0v) is 12.9. The maximum Gasteiger partial charge on any atom is 0.254 e. The van der Waals surface area contributed by atoms with E-state index in [-0.39, 0.29) is 12.0 Å². The van der Waals surface area contributed by atoms with E-state index in [9.17, 15) is 9.90 Å². The van der Waals surface area contributed by atoms with Crippen LogP contribution in [0.2, 0.25) is 0 Å². The Morgan fingerprint density at radius 2 is 2.06 bits per heavy atom. The summed E-state index contributed by atoms with van der Waals surface area (Å²) in [5, 5.41) is 9.43. The van der Waals surface area contributed by atoms with Crippen LogP contribution >= 0.6 is 38.5 Å². The third-order valence-corrected chi connectivity index (χ3v) is 4.34. The number of aliphatic hydroxyl groups excluding tert-OH is 1. The lowest BCUT2D eigenvalue weighted by Crippen LogP contribution is -2.40. The SMILES string of the molecule is O=C(c1cc(Br)ccc1I)N1CCC(O)CC1. The Morgan fingerprint density at radius 3 is 2.71 bits per heavy atom. The van der Waals surface area contributed by atoms with E-state index in [2.05, 4.69) is 38.5 Å². The van der Waals surface area contributed by atoms with E-state index >= 15 is 0 Å². The number of aliphatic hydroxyl groups is 1. The third kappa shape index (κ3) is 3.20. The van der Waals surface area contributed by atoms with Gasteiger partial charge in [-0.05, 0) is 53.6 Å². The van der Waals surface area contributed by atoms with Gasteiger partial charge in [-0.3, -0.25) is 4.79 Å². The van der Waals surface area contributed by atoms with Crippen LogP contribution in [0.4, 0.5) is 0 Å². The Labute approximate surface area is 122 Å². The number of carbonyl (C=O) groups is 1. The average molecular weight is 410 g/mol. The zero-order valence-electron chi connectivity index (χ0n) is 9.20. The maximum atomic E-state index is 12.3. The Balaban J connectivity index is 2.16. The molecule has 17 heavy (non-hydrogen) atoms. The molecule has 1 fully saturated rings. The first-order valence-electron chi connectivity index (χ1n) is 5.50. The van der Waals surface area contributed by atoms with Gasteiger partial charge in [0.05, 0.1) is 11.7 Å². The summed E-state index contributed by atoms with van der Waals surface area (Å²) in [5.74, 6) is 0.0580. The molecule has 1 aromatic carbocycles. The molecular formula is C12H13BrINO2. The minimum Gasteiger partial charge on any atom is -0.393 e. The first kappa shape index (κ1) is 13.3. The molecule has 1 aromatic rings. The van der Waals surface area contributed by atoms with Gasteiger partial charge in [0.15, 0.2) is 0 Å². The lowest BCUT2D eigenvalue weighted by molar-refractivity contribution is 0.0545. The van der Waals surface area contributed by atoms with Gasteiger partial charge in [0, 0.05) is 21.1 Å². The van der Waals surface area contributed by atoms with Crippen molar-refractivity contribution in [2.45, 2.75) is 18.9 Å². The highest BCUT2D eigenvalue weighted by atomic mass is 127. The highest BCUT2D eigenvalue weighted by Gasteiger charge is 2.23. The number of rotatable bonds is 1. The van der Waals surface area contributed by atoms with Gasteiger partial charge in [-0.1, -0.05) is 15.9 Å². The largest absolute Gasteiger partial charge is 0.393 e. The number of likely N-dealkylation sites (tertiary alicyclic amines) is 1. The molecule has 0 atom stereocenters. The summed E-state index contributed by atoms with van der Waals surface area (Å²) in [7, 11) is 0. The highest BCUT2D eigenvalue weighted by molar-refractivity contribution is 14.1. The van der Waals surface area contributed by atoms with Gasteiger partial charge in [0.25, 0.3) is 5.91 Å². The summed E-state index contributed by atoms with van der Waals surface area (Å²) in [4.78, 5) is 14.1.